The average Bonchev–Trinajstić information content (AvgIpc) is 2.25. The molecule has 9 heteroatoms. The molecule has 0 amide bonds. The molecule has 0 atom stereocenters. The number of nitrogens with zero attached hydrogens (tertiary/aromatic N) is 3. The maximum atomic E-state index is 11.3. The van der Waals surface area contributed by atoms with Crippen molar-refractivity contribution in [2.45, 2.75) is 4.90 Å². The van der Waals surface area contributed by atoms with Crippen molar-refractivity contribution in [2.75, 3.05) is 38.0 Å². The predicted octanol–water partition coefficient (Wildman–Crippen LogP) is 0.974. The van der Waals surface area contributed by atoms with Crippen molar-refractivity contribution in [2.24, 2.45) is 0 Å². The molecule has 1 rings (SSSR count). The predicted molar refractivity (Wildman–Crippen MR) is 71.6 cm³/mol. The minimum absolute atomic E-state index is 0.178. The number of nitro benzene ring substituents is 1. The van der Waals surface area contributed by atoms with E-state index < -0.39 is 19.9 Å². The third-order valence-electron chi connectivity index (χ3n) is 2.49. The molecule has 0 aliphatic carbocycles. The van der Waals surface area contributed by atoms with Gasteiger partial charge in [-0.3, -0.25) is 14.7 Å². The molecule has 0 bridgehead atoms. The normalized spacial score (nSPS) is 11.2. The topological polar surface area (TPSA) is 104 Å². The van der Waals surface area contributed by atoms with E-state index >= 15 is 0 Å². The minimum atomic E-state index is -4.54. The van der Waals surface area contributed by atoms with Crippen LogP contribution in [0.25, 0.3) is 0 Å². The first-order valence-corrected chi connectivity index (χ1v) is 6.64. The monoisotopic (exact) mass is 289 g/mol. The molecular weight excluding hydrogens is 274 g/mol. The summed E-state index contributed by atoms with van der Waals surface area (Å²) in [4.78, 5) is 12.8. The Morgan fingerprint density at radius 2 is 1.58 bits per heavy atom. The van der Waals surface area contributed by atoms with Crippen molar-refractivity contribution in [3.05, 3.63) is 22.2 Å². The number of hydrogen-bond donors (Lipinski definition) is 1. The van der Waals surface area contributed by atoms with Gasteiger partial charge in [0.05, 0.1) is 10.6 Å². The highest BCUT2D eigenvalue weighted by atomic mass is 32.2. The lowest BCUT2D eigenvalue weighted by atomic mass is 10.2. The zero-order chi connectivity index (χ0) is 15.0. The average molecular weight is 289 g/mol. The zero-order valence-corrected chi connectivity index (χ0v) is 11.8. The van der Waals surface area contributed by atoms with Crippen LogP contribution in [0.15, 0.2) is 17.0 Å². The van der Waals surface area contributed by atoms with Gasteiger partial charge in [-0.25, -0.2) is 0 Å². The molecule has 0 saturated heterocycles. The van der Waals surface area contributed by atoms with E-state index in [0.29, 0.717) is 0 Å². The molecule has 0 heterocycles. The molecule has 19 heavy (non-hydrogen) atoms. The van der Waals surface area contributed by atoms with E-state index in [1.165, 1.54) is 15.9 Å². The molecule has 0 radical (unpaired) electrons. The summed E-state index contributed by atoms with van der Waals surface area (Å²) < 4.78 is 31.8. The van der Waals surface area contributed by atoms with Gasteiger partial charge in [-0.05, 0) is 6.07 Å². The van der Waals surface area contributed by atoms with E-state index in [2.05, 4.69) is 0 Å². The summed E-state index contributed by atoms with van der Waals surface area (Å²) in [7, 11) is 1.83. The molecule has 8 nitrogen and oxygen atoms in total. The van der Waals surface area contributed by atoms with Crippen LogP contribution in [0, 0.1) is 10.1 Å². The third-order valence-corrected chi connectivity index (χ3v) is 3.38. The highest BCUT2D eigenvalue weighted by Gasteiger charge is 2.26. The largest absolute Gasteiger partial charge is 0.376 e. The van der Waals surface area contributed by atoms with E-state index in [-0.39, 0.29) is 17.1 Å². The van der Waals surface area contributed by atoms with Crippen molar-refractivity contribution in [1.82, 2.24) is 0 Å². The van der Waals surface area contributed by atoms with E-state index in [4.69, 9.17) is 4.55 Å². The first-order chi connectivity index (χ1) is 8.55. The van der Waals surface area contributed by atoms with Crippen LogP contribution in [-0.4, -0.2) is 46.1 Å². The lowest BCUT2D eigenvalue weighted by Crippen LogP contribution is -2.17. The molecule has 0 fully saturated rings. The molecule has 1 N–H and O–H groups in total. The van der Waals surface area contributed by atoms with Crippen molar-refractivity contribution in [3.8, 4) is 0 Å². The first-order valence-electron chi connectivity index (χ1n) is 5.20. The number of nitro groups is 1. The van der Waals surface area contributed by atoms with Gasteiger partial charge in [-0.15, -0.1) is 0 Å². The van der Waals surface area contributed by atoms with Crippen LogP contribution in [0.2, 0.25) is 0 Å². The Bertz CT molecular complexity index is 610. The number of benzene rings is 1. The highest BCUT2D eigenvalue weighted by molar-refractivity contribution is 7.86. The van der Waals surface area contributed by atoms with E-state index in [1.807, 2.05) is 0 Å². The highest BCUT2D eigenvalue weighted by Crippen LogP contribution is 2.36. The van der Waals surface area contributed by atoms with Crippen LogP contribution in [0.4, 0.5) is 17.1 Å². The van der Waals surface area contributed by atoms with Crippen LogP contribution in [0.3, 0.4) is 0 Å². The molecule has 0 unspecified atom stereocenters. The van der Waals surface area contributed by atoms with Crippen LogP contribution in [0.1, 0.15) is 0 Å². The molecule has 0 saturated carbocycles. The second-order valence-electron chi connectivity index (χ2n) is 4.33. The molecule has 0 aromatic heterocycles. The molecular formula is C10H15N3O5S. The van der Waals surface area contributed by atoms with Gasteiger partial charge in [0.15, 0.2) is 0 Å². The van der Waals surface area contributed by atoms with Gasteiger partial charge in [0.1, 0.15) is 10.6 Å². The Labute approximate surface area is 111 Å². The fourth-order valence-corrected chi connectivity index (χ4v) is 2.37. The summed E-state index contributed by atoms with van der Waals surface area (Å²) in [5, 5.41) is 11.0. The summed E-state index contributed by atoms with van der Waals surface area (Å²) in [6, 6.07) is 2.21. The smallest absolute Gasteiger partial charge is 0.296 e. The van der Waals surface area contributed by atoms with Crippen molar-refractivity contribution >= 4 is 27.2 Å². The van der Waals surface area contributed by atoms with Gasteiger partial charge >= 0.3 is 0 Å². The van der Waals surface area contributed by atoms with Crippen molar-refractivity contribution in [3.63, 3.8) is 0 Å². The second kappa shape index (κ2) is 5.02. The molecule has 0 spiro atoms. The Kier molecular flexibility index (Phi) is 4.01. The second-order valence-corrected chi connectivity index (χ2v) is 5.72. The molecule has 0 aliphatic rings. The maximum absolute atomic E-state index is 11.3. The summed E-state index contributed by atoms with van der Waals surface area (Å²) in [5.74, 6) is 0. The summed E-state index contributed by atoms with van der Waals surface area (Å²) in [5.41, 5.74) is 0.0427. The fraction of sp³-hybridized carbons (Fsp3) is 0.400. The van der Waals surface area contributed by atoms with Crippen LogP contribution in [0.5, 0.6) is 0 Å². The maximum Gasteiger partial charge on any atom is 0.296 e. The Balaban J connectivity index is 3.75. The van der Waals surface area contributed by atoms with E-state index in [0.717, 1.165) is 6.07 Å². The SMILES string of the molecule is CN(C)c1cc(N(C)C)c(S(=O)(=O)O)cc1[N+](=O)[O-]. The number of rotatable bonds is 4. The number of anilines is 2. The third kappa shape index (κ3) is 3.12. The van der Waals surface area contributed by atoms with Crippen LogP contribution in [-0.2, 0) is 10.1 Å². The van der Waals surface area contributed by atoms with Crippen molar-refractivity contribution in [1.29, 1.82) is 0 Å². The Morgan fingerprint density at radius 1 is 1.11 bits per heavy atom. The van der Waals surface area contributed by atoms with Gasteiger partial charge in [-0.2, -0.15) is 8.42 Å². The Morgan fingerprint density at radius 3 is 1.89 bits per heavy atom. The van der Waals surface area contributed by atoms with E-state index in [9.17, 15) is 18.5 Å². The van der Waals surface area contributed by atoms with Gasteiger partial charge in [-0.1, -0.05) is 0 Å². The molecule has 0 aliphatic heterocycles. The van der Waals surface area contributed by atoms with Crippen LogP contribution >= 0.6 is 0 Å². The minimum Gasteiger partial charge on any atom is -0.376 e. The number of hydrogen-bond acceptors (Lipinski definition) is 6. The van der Waals surface area contributed by atoms with Crippen molar-refractivity contribution < 1.29 is 17.9 Å². The van der Waals surface area contributed by atoms with Gasteiger partial charge in [0.25, 0.3) is 15.8 Å². The summed E-state index contributed by atoms with van der Waals surface area (Å²) in [6.45, 7) is 0. The van der Waals surface area contributed by atoms with Gasteiger partial charge < -0.3 is 9.80 Å². The van der Waals surface area contributed by atoms with Crippen LogP contribution < -0.4 is 9.80 Å². The quantitative estimate of drug-likeness (QED) is 0.500. The fourth-order valence-electron chi connectivity index (χ4n) is 1.61. The van der Waals surface area contributed by atoms with E-state index in [1.54, 1.807) is 28.2 Å². The standard InChI is InChI=1S/C10H15N3O5S/c1-11(2)7-5-9(12(3)4)10(19(16,17)18)6-8(7)13(14)15/h5-6H,1-4H3,(H,16,17,18). The Hall–Kier alpha value is -1.87. The first kappa shape index (κ1) is 15.2. The van der Waals surface area contributed by atoms with Gasteiger partial charge in [0, 0.05) is 34.3 Å². The summed E-state index contributed by atoms with van der Waals surface area (Å²) >= 11 is 0. The molecule has 1 aromatic rings. The zero-order valence-electron chi connectivity index (χ0n) is 11.0. The molecule has 106 valence electrons. The molecule has 1 aromatic carbocycles. The van der Waals surface area contributed by atoms with Gasteiger partial charge in [0.2, 0.25) is 0 Å². The lowest BCUT2D eigenvalue weighted by molar-refractivity contribution is -0.384. The lowest BCUT2D eigenvalue weighted by Gasteiger charge is -2.20. The summed E-state index contributed by atoms with van der Waals surface area (Å²) in [6.07, 6.45) is 0.